The molecule has 3 aromatic carbocycles. The molecule has 3 N–H and O–H groups in total. The number of fused-ring (bicyclic) bond motifs is 5. The molecule has 4 aliphatic heterocycles. The molecule has 0 radical (unpaired) electrons. The van der Waals surface area contributed by atoms with Crippen molar-refractivity contribution in [2.45, 2.75) is 31.5 Å². The molecule has 3 amide bonds. The van der Waals surface area contributed by atoms with Crippen molar-refractivity contribution >= 4 is 35.0 Å². The molecule has 0 bridgehead atoms. The highest BCUT2D eigenvalue weighted by atomic mass is 35.5. The van der Waals surface area contributed by atoms with Crippen LogP contribution in [0, 0.1) is 18.8 Å². The fourth-order valence-electron chi connectivity index (χ4n) is 6.49. The van der Waals surface area contributed by atoms with Crippen molar-refractivity contribution in [3.63, 3.8) is 0 Å². The highest BCUT2D eigenvalue weighted by molar-refractivity contribution is 6.35. The Morgan fingerprint density at radius 2 is 1.74 bits per heavy atom. The first kappa shape index (κ1) is 24.0. The number of aryl methyl sites for hydroxylation is 1. The number of likely N-dealkylation sites (tertiary alicyclic amines) is 1. The Kier molecular flexibility index (Phi) is 5.20. The first-order valence-electron chi connectivity index (χ1n) is 12.7. The summed E-state index contributed by atoms with van der Waals surface area (Å²) in [6.07, 6.45) is 0.377. The van der Waals surface area contributed by atoms with Gasteiger partial charge in [-0.3, -0.25) is 24.6 Å². The van der Waals surface area contributed by atoms with Crippen LogP contribution in [0.5, 0.6) is 17.2 Å². The van der Waals surface area contributed by atoms with E-state index in [9.17, 15) is 19.5 Å². The standard InChI is InChI=1S/C29H24ClN3O6/c1-14-8-18-25(19(30)9-14)31-28(37)29(18)24-23(20(32-29)10-15-2-5-17(34)6-3-15)26(35)33(27(24)36)12-16-4-7-21-22(11-16)39-13-38-21/h2-9,11,20,23-24,32,34H,10,12-13H2,1H3,(H,31,37)/t20-,23+,24-,29+/m0/s1. The Hall–Kier alpha value is -4.08. The Morgan fingerprint density at radius 3 is 2.54 bits per heavy atom. The third-order valence-electron chi connectivity index (χ3n) is 8.18. The minimum absolute atomic E-state index is 0.0480. The molecule has 9 nitrogen and oxygen atoms in total. The molecule has 10 heteroatoms. The predicted molar refractivity (Wildman–Crippen MR) is 140 cm³/mol. The molecule has 0 unspecified atom stereocenters. The number of carbonyl (C=O) groups is 3. The average Bonchev–Trinajstić information content (AvgIpc) is 3.63. The van der Waals surface area contributed by atoms with Gasteiger partial charge in [0.2, 0.25) is 24.5 Å². The SMILES string of the molecule is Cc1cc(Cl)c2c(c1)[C@]1(N[C@@H](Cc3ccc(O)cc3)[C@H]3C(=O)N(Cc4ccc5c(c4)OCO5)C(=O)[C@H]31)C(=O)N2. The van der Waals surface area contributed by atoms with Crippen LogP contribution >= 0.6 is 11.6 Å². The van der Waals surface area contributed by atoms with Gasteiger partial charge in [-0.25, -0.2) is 0 Å². The third-order valence-corrected chi connectivity index (χ3v) is 8.48. The van der Waals surface area contributed by atoms with Gasteiger partial charge in [0.1, 0.15) is 11.3 Å². The van der Waals surface area contributed by atoms with Crippen LogP contribution in [-0.2, 0) is 32.9 Å². The van der Waals surface area contributed by atoms with Crippen LogP contribution < -0.4 is 20.1 Å². The van der Waals surface area contributed by atoms with Gasteiger partial charge in [-0.15, -0.1) is 0 Å². The Balaban J connectivity index is 1.31. The zero-order valence-electron chi connectivity index (χ0n) is 20.9. The maximum atomic E-state index is 14.1. The molecular formula is C29H24ClN3O6. The summed E-state index contributed by atoms with van der Waals surface area (Å²) in [5.74, 6) is -1.60. The van der Waals surface area contributed by atoms with Gasteiger partial charge >= 0.3 is 0 Å². The Bertz CT molecular complexity index is 1570. The molecule has 39 heavy (non-hydrogen) atoms. The average molecular weight is 546 g/mol. The molecule has 7 rings (SSSR count). The number of phenols is 1. The number of anilines is 1. The lowest BCUT2D eigenvalue weighted by Gasteiger charge is -2.30. The van der Waals surface area contributed by atoms with Crippen LogP contribution in [0.4, 0.5) is 5.69 Å². The molecule has 0 saturated carbocycles. The lowest BCUT2D eigenvalue weighted by atomic mass is 9.76. The molecule has 0 aromatic heterocycles. The number of aromatic hydroxyl groups is 1. The van der Waals surface area contributed by atoms with Crippen molar-refractivity contribution < 1.29 is 29.0 Å². The van der Waals surface area contributed by atoms with E-state index in [1.165, 1.54) is 4.90 Å². The van der Waals surface area contributed by atoms with Gasteiger partial charge in [-0.05, 0) is 60.4 Å². The second-order valence-corrected chi connectivity index (χ2v) is 10.9. The summed E-state index contributed by atoms with van der Waals surface area (Å²) in [4.78, 5) is 43.1. The summed E-state index contributed by atoms with van der Waals surface area (Å²) in [5, 5.41) is 16.4. The monoisotopic (exact) mass is 545 g/mol. The van der Waals surface area contributed by atoms with Crippen LogP contribution in [0.3, 0.4) is 0 Å². The second kappa shape index (κ2) is 8.46. The number of hydrogen-bond donors (Lipinski definition) is 3. The summed E-state index contributed by atoms with van der Waals surface area (Å²) < 4.78 is 10.9. The molecule has 4 aliphatic rings. The summed E-state index contributed by atoms with van der Waals surface area (Å²) in [6, 6.07) is 15.1. The van der Waals surface area contributed by atoms with E-state index in [4.69, 9.17) is 21.1 Å². The van der Waals surface area contributed by atoms with Gasteiger partial charge in [0.15, 0.2) is 11.5 Å². The molecule has 2 saturated heterocycles. The predicted octanol–water partition coefficient (Wildman–Crippen LogP) is 3.25. The Labute approximate surface area is 228 Å². The van der Waals surface area contributed by atoms with Crippen LogP contribution in [0.25, 0.3) is 0 Å². The number of imide groups is 1. The summed E-state index contributed by atoms with van der Waals surface area (Å²) in [5.41, 5.74) is 1.99. The minimum atomic E-state index is -1.45. The number of phenolic OH excluding ortho intramolecular Hbond substituents is 1. The van der Waals surface area contributed by atoms with Gasteiger partial charge < -0.3 is 19.9 Å². The van der Waals surface area contributed by atoms with E-state index in [0.29, 0.717) is 39.8 Å². The molecule has 4 heterocycles. The maximum Gasteiger partial charge on any atom is 0.250 e. The van der Waals surface area contributed by atoms with E-state index in [1.54, 1.807) is 48.5 Å². The quantitative estimate of drug-likeness (QED) is 0.431. The highest BCUT2D eigenvalue weighted by Crippen LogP contribution is 2.55. The highest BCUT2D eigenvalue weighted by Gasteiger charge is 2.70. The van der Waals surface area contributed by atoms with Crippen LogP contribution in [-0.4, -0.2) is 40.6 Å². The number of rotatable bonds is 4. The number of halogens is 1. The van der Waals surface area contributed by atoms with Crippen LogP contribution in [0.2, 0.25) is 5.02 Å². The van der Waals surface area contributed by atoms with Crippen molar-refractivity contribution in [3.8, 4) is 17.2 Å². The molecule has 0 aliphatic carbocycles. The van der Waals surface area contributed by atoms with Crippen LogP contribution in [0.15, 0.2) is 54.6 Å². The third kappa shape index (κ3) is 3.46. The largest absolute Gasteiger partial charge is 0.508 e. The van der Waals surface area contributed by atoms with Crippen molar-refractivity contribution in [2.75, 3.05) is 12.1 Å². The molecule has 3 aromatic rings. The van der Waals surface area contributed by atoms with Crippen molar-refractivity contribution in [1.29, 1.82) is 0 Å². The van der Waals surface area contributed by atoms with E-state index in [2.05, 4.69) is 10.6 Å². The normalized spacial score (nSPS) is 26.4. The Morgan fingerprint density at radius 1 is 1.00 bits per heavy atom. The first-order valence-corrected chi connectivity index (χ1v) is 13.1. The lowest BCUT2D eigenvalue weighted by Crippen LogP contribution is -2.53. The number of ether oxygens (including phenoxy) is 2. The van der Waals surface area contributed by atoms with E-state index < -0.39 is 35.2 Å². The number of hydrogen-bond acceptors (Lipinski definition) is 7. The van der Waals surface area contributed by atoms with E-state index in [1.807, 2.05) is 13.0 Å². The zero-order valence-corrected chi connectivity index (χ0v) is 21.6. The molecule has 1 spiro atoms. The maximum absolute atomic E-state index is 14.1. The van der Waals surface area contributed by atoms with E-state index in [0.717, 1.165) is 11.1 Å². The molecule has 2 fully saturated rings. The number of benzene rings is 3. The lowest BCUT2D eigenvalue weighted by molar-refractivity contribution is -0.143. The number of nitrogens with zero attached hydrogens (tertiary/aromatic N) is 1. The molecular weight excluding hydrogens is 522 g/mol. The fourth-order valence-corrected chi connectivity index (χ4v) is 6.81. The first-order chi connectivity index (χ1) is 18.8. The summed E-state index contributed by atoms with van der Waals surface area (Å²) in [6.45, 7) is 2.04. The van der Waals surface area contributed by atoms with Gasteiger partial charge in [-0.1, -0.05) is 35.9 Å². The van der Waals surface area contributed by atoms with Crippen molar-refractivity contribution in [1.82, 2.24) is 10.2 Å². The minimum Gasteiger partial charge on any atom is -0.508 e. The van der Waals surface area contributed by atoms with Gasteiger partial charge in [0.25, 0.3) is 0 Å². The number of amides is 3. The smallest absolute Gasteiger partial charge is 0.250 e. The van der Waals surface area contributed by atoms with Crippen LogP contribution in [0.1, 0.15) is 22.3 Å². The molecule has 198 valence electrons. The van der Waals surface area contributed by atoms with E-state index in [-0.39, 0.29) is 25.0 Å². The summed E-state index contributed by atoms with van der Waals surface area (Å²) in [7, 11) is 0. The van der Waals surface area contributed by atoms with Crippen molar-refractivity contribution in [3.05, 3.63) is 81.9 Å². The topological polar surface area (TPSA) is 117 Å². The molecule has 4 atom stereocenters. The fraction of sp³-hybridized carbons (Fsp3) is 0.276. The van der Waals surface area contributed by atoms with Gasteiger partial charge in [0.05, 0.1) is 29.1 Å². The number of carbonyl (C=O) groups excluding carboxylic acids is 3. The zero-order chi connectivity index (χ0) is 27.1. The van der Waals surface area contributed by atoms with Crippen molar-refractivity contribution in [2.24, 2.45) is 11.8 Å². The van der Waals surface area contributed by atoms with Gasteiger partial charge in [-0.2, -0.15) is 0 Å². The summed E-state index contributed by atoms with van der Waals surface area (Å²) >= 11 is 6.52. The second-order valence-electron chi connectivity index (χ2n) is 10.5. The van der Waals surface area contributed by atoms with Gasteiger partial charge in [0, 0.05) is 11.6 Å². The van der Waals surface area contributed by atoms with E-state index >= 15 is 0 Å². The number of nitrogens with one attached hydrogen (secondary N) is 2.